The van der Waals surface area contributed by atoms with Gasteiger partial charge in [-0.05, 0) is 38.4 Å². The Balaban J connectivity index is 0.00000121. The molecule has 0 aromatic carbocycles. The van der Waals surface area contributed by atoms with Gasteiger partial charge in [0.1, 0.15) is 6.29 Å². The van der Waals surface area contributed by atoms with Gasteiger partial charge in [0.2, 0.25) is 0 Å². The molecule has 72 valence electrons. The van der Waals surface area contributed by atoms with Crippen LogP contribution in [0.1, 0.15) is 12.8 Å². The number of likely N-dealkylation sites (tertiary alicyclic amines) is 1. The normalized spacial score (nSPS) is 20.1. The zero-order valence-electron chi connectivity index (χ0n) is 7.24. The van der Waals surface area contributed by atoms with Crippen LogP contribution in [0.15, 0.2) is 0 Å². The summed E-state index contributed by atoms with van der Waals surface area (Å²) in [6.07, 6.45) is 3.29. The van der Waals surface area contributed by atoms with E-state index < -0.39 is 0 Å². The van der Waals surface area contributed by atoms with Gasteiger partial charge in [-0.3, -0.25) is 4.90 Å². The van der Waals surface area contributed by atoms with Crippen LogP contribution >= 0.6 is 12.4 Å². The van der Waals surface area contributed by atoms with Gasteiger partial charge in [0.15, 0.2) is 0 Å². The van der Waals surface area contributed by atoms with E-state index in [1.54, 1.807) is 0 Å². The SMILES string of the molecule is Cl.NCC1CCN(CC=O)CC1. The molecule has 1 fully saturated rings. The van der Waals surface area contributed by atoms with E-state index in [0.29, 0.717) is 12.5 Å². The van der Waals surface area contributed by atoms with Crippen LogP contribution in [-0.2, 0) is 4.79 Å². The summed E-state index contributed by atoms with van der Waals surface area (Å²) in [6.45, 7) is 3.48. The maximum atomic E-state index is 10.2. The standard InChI is InChI=1S/C8H16N2O.ClH/c9-7-8-1-3-10(4-2-8)5-6-11;/h6,8H,1-5,7,9H2;1H. The second-order valence-corrected chi connectivity index (χ2v) is 3.15. The van der Waals surface area contributed by atoms with Crippen molar-refractivity contribution in [2.45, 2.75) is 12.8 Å². The molecule has 0 aromatic rings. The van der Waals surface area contributed by atoms with Gasteiger partial charge in [0.05, 0.1) is 6.54 Å². The Labute approximate surface area is 79.7 Å². The van der Waals surface area contributed by atoms with E-state index >= 15 is 0 Å². The number of rotatable bonds is 3. The van der Waals surface area contributed by atoms with Crippen LogP contribution in [0.3, 0.4) is 0 Å². The second-order valence-electron chi connectivity index (χ2n) is 3.15. The summed E-state index contributed by atoms with van der Waals surface area (Å²) in [6, 6.07) is 0. The number of halogens is 1. The van der Waals surface area contributed by atoms with Crippen molar-refractivity contribution in [3.63, 3.8) is 0 Å². The number of nitrogens with two attached hydrogens (primary N) is 1. The van der Waals surface area contributed by atoms with Gasteiger partial charge in [-0.25, -0.2) is 0 Å². The van der Waals surface area contributed by atoms with Gasteiger partial charge in [0, 0.05) is 0 Å². The van der Waals surface area contributed by atoms with Crippen molar-refractivity contribution < 1.29 is 4.79 Å². The number of aldehydes is 1. The lowest BCUT2D eigenvalue weighted by Gasteiger charge is -2.29. The molecule has 1 saturated heterocycles. The Morgan fingerprint density at radius 3 is 2.42 bits per heavy atom. The van der Waals surface area contributed by atoms with E-state index in [9.17, 15) is 4.79 Å². The second kappa shape index (κ2) is 6.40. The molecular formula is C8H17ClN2O. The third-order valence-corrected chi connectivity index (χ3v) is 2.37. The van der Waals surface area contributed by atoms with Crippen LogP contribution in [0, 0.1) is 5.92 Å². The highest BCUT2D eigenvalue weighted by Gasteiger charge is 2.16. The fourth-order valence-corrected chi connectivity index (χ4v) is 1.51. The van der Waals surface area contributed by atoms with Crippen molar-refractivity contribution in [2.75, 3.05) is 26.2 Å². The molecular weight excluding hydrogens is 176 g/mol. The largest absolute Gasteiger partial charge is 0.330 e. The molecule has 0 amide bonds. The molecule has 0 saturated carbocycles. The molecule has 0 unspecified atom stereocenters. The molecule has 0 spiro atoms. The summed E-state index contributed by atoms with van der Waals surface area (Å²) in [4.78, 5) is 12.3. The highest BCUT2D eigenvalue weighted by atomic mass is 35.5. The monoisotopic (exact) mass is 192 g/mol. The van der Waals surface area contributed by atoms with E-state index in [1.165, 1.54) is 0 Å². The Kier molecular flexibility index (Phi) is 6.34. The Morgan fingerprint density at radius 1 is 1.42 bits per heavy atom. The van der Waals surface area contributed by atoms with Crippen LogP contribution in [0.5, 0.6) is 0 Å². The van der Waals surface area contributed by atoms with Crippen molar-refractivity contribution in [2.24, 2.45) is 11.7 Å². The van der Waals surface area contributed by atoms with Crippen LogP contribution in [0.25, 0.3) is 0 Å². The maximum Gasteiger partial charge on any atom is 0.133 e. The molecule has 1 aliphatic heterocycles. The summed E-state index contributed by atoms with van der Waals surface area (Å²) in [5.74, 6) is 0.693. The summed E-state index contributed by atoms with van der Waals surface area (Å²) < 4.78 is 0. The molecule has 0 bridgehead atoms. The number of carbonyl (C=O) groups excluding carboxylic acids is 1. The molecule has 0 radical (unpaired) electrons. The van der Waals surface area contributed by atoms with E-state index in [-0.39, 0.29) is 12.4 Å². The molecule has 1 rings (SSSR count). The first-order valence-corrected chi connectivity index (χ1v) is 4.23. The topological polar surface area (TPSA) is 46.3 Å². The number of piperidine rings is 1. The number of hydrogen-bond donors (Lipinski definition) is 1. The molecule has 0 aromatic heterocycles. The average Bonchev–Trinajstić information content (AvgIpc) is 2.07. The first kappa shape index (κ1) is 11.9. The fraction of sp³-hybridized carbons (Fsp3) is 0.875. The highest BCUT2D eigenvalue weighted by molar-refractivity contribution is 5.85. The maximum absolute atomic E-state index is 10.2. The van der Waals surface area contributed by atoms with E-state index in [2.05, 4.69) is 4.90 Å². The van der Waals surface area contributed by atoms with Gasteiger partial charge >= 0.3 is 0 Å². The Hall–Kier alpha value is -0.120. The summed E-state index contributed by atoms with van der Waals surface area (Å²) in [7, 11) is 0. The van der Waals surface area contributed by atoms with E-state index in [0.717, 1.165) is 38.8 Å². The van der Waals surface area contributed by atoms with Gasteiger partial charge in [-0.1, -0.05) is 0 Å². The minimum absolute atomic E-state index is 0. The first-order chi connectivity index (χ1) is 5.36. The van der Waals surface area contributed by atoms with E-state index in [4.69, 9.17) is 5.73 Å². The fourth-order valence-electron chi connectivity index (χ4n) is 1.51. The van der Waals surface area contributed by atoms with Crippen LogP contribution in [0.4, 0.5) is 0 Å². The predicted octanol–water partition coefficient (Wildman–Crippen LogP) is 0.278. The lowest BCUT2D eigenvalue weighted by Crippen LogP contribution is -2.36. The van der Waals surface area contributed by atoms with Crippen molar-refractivity contribution >= 4 is 18.7 Å². The number of nitrogens with zero attached hydrogens (tertiary/aromatic N) is 1. The molecule has 1 heterocycles. The van der Waals surface area contributed by atoms with E-state index in [1.807, 2.05) is 0 Å². The summed E-state index contributed by atoms with van der Waals surface area (Å²) >= 11 is 0. The predicted molar refractivity (Wildman–Crippen MR) is 51.5 cm³/mol. The van der Waals surface area contributed by atoms with Gasteiger partial charge in [-0.2, -0.15) is 0 Å². The Morgan fingerprint density at radius 2 is 2.00 bits per heavy atom. The van der Waals surface area contributed by atoms with Gasteiger partial charge in [-0.15, -0.1) is 12.4 Å². The van der Waals surface area contributed by atoms with Crippen molar-refractivity contribution in [3.05, 3.63) is 0 Å². The van der Waals surface area contributed by atoms with Crippen LogP contribution < -0.4 is 5.73 Å². The lowest BCUT2D eigenvalue weighted by molar-refractivity contribution is -0.109. The molecule has 1 aliphatic rings. The van der Waals surface area contributed by atoms with Crippen molar-refractivity contribution in [3.8, 4) is 0 Å². The minimum atomic E-state index is 0. The zero-order chi connectivity index (χ0) is 8.10. The van der Waals surface area contributed by atoms with Crippen LogP contribution in [0.2, 0.25) is 0 Å². The lowest BCUT2D eigenvalue weighted by atomic mass is 9.97. The van der Waals surface area contributed by atoms with Gasteiger partial charge in [0.25, 0.3) is 0 Å². The number of hydrogen-bond acceptors (Lipinski definition) is 3. The summed E-state index contributed by atoms with van der Waals surface area (Å²) in [5, 5.41) is 0. The third-order valence-electron chi connectivity index (χ3n) is 2.37. The zero-order valence-corrected chi connectivity index (χ0v) is 8.05. The quantitative estimate of drug-likeness (QED) is 0.654. The Bertz CT molecular complexity index is 124. The molecule has 4 heteroatoms. The average molecular weight is 193 g/mol. The van der Waals surface area contributed by atoms with Crippen molar-refractivity contribution in [1.29, 1.82) is 0 Å². The first-order valence-electron chi connectivity index (χ1n) is 4.23. The summed E-state index contributed by atoms with van der Waals surface area (Å²) in [5.41, 5.74) is 5.53. The van der Waals surface area contributed by atoms with Crippen LogP contribution in [-0.4, -0.2) is 37.4 Å². The molecule has 2 N–H and O–H groups in total. The number of carbonyl (C=O) groups is 1. The molecule has 0 aliphatic carbocycles. The third kappa shape index (κ3) is 3.52. The van der Waals surface area contributed by atoms with Gasteiger partial charge < -0.3 is 10.5 Å². The molecule has 3 nitrogen and oxygen atoms in total. The highest BCUT2D eigenvalue weighted by Crippen LogP contribution is 2.14. The molecule has 12 heavy (non-hydrogen) atoms. The van der Waals surface area contributed by atoms with Crippen molar-refractivity contribution in [1.82, 2.24) is 4.90 Å². The minimum Gasteiger partial charge on any atom is -0.330 e. The molecule has 0 atom stereocenters. The smallest absolute Gasteiger partial charge is 0.133 e.